The molecule has 0 aromatic carbocycles. The van der Waals surface area contributed by atoms with E-state index in [2.05, 4.69) is 32.7 Å². The van der Waals surface area contributed by atoms with Crippen LogP contribution < -0.4 is 11.2 Å². The molecule has 5 nitrogen and oxygen atoms in total. The van der Waals surface area contributed by atoms with Gasteiger partial charge in [-0.05, 0) is 25.2 Å². The summed E-state index contributed by atoms with van der Waals surface area (Å²) in [7, 11) is 0. The number of rotatable bonds is 2. The van der Waals surface area contributed by atoms with Crippen molar-refractivity contribution in [3.05, 3.63) is 23.8 Å². The Labute approximate surface area is 81.1 Å². The number of hydrazone groups is 1. The molecular weight excluding hydrogens is 186 g/mol. The first-order chi connectivity index (χ1) is 6.18. The lowest BCUT2D eigenvalue weighted by molar-refractivity contribution is 1.02. The zero-order chi connectivity index (χ0) is 9.68. The molecule has 1 aromatic rings. The molecule has 0 saturated heterocycles. The van der Waals surface area contributed by atoms with Gasteiger partial charge in [-0.2, -0.15) is 5.10 Å². The highest BCUT2D eigenvalue weighted by molar-refractivity contribution is 7.80. The molecule has 0 spiro atoms. The number of aromatic nitrogens is 2. The molecule has 6 heteroatoms. The van der Waals surface area contributed by atoms with Crippen LogP contribution in [0.5, 0.6) is 0 Å². The normalized spacial score (nSPS) is 10.2. The molecule has 0 radical (unpaired) electrons. The van der Waals surface area contributed by atoms with Crippen LogP contribution in [-0.2, 0) is 0 Å². The van der Waals surface area contributed by atoms with E-state index in [-0.39, 0.29) is 5.11 Å². The van der Waals surface area contributed by atoms with Crippen molar-refractivity contribution in [2.75, 3.05) is 0 Å². The fraction of sp³-hybridized carbons (Fsp3) is 0.143. The van der Waals surface area contributed by atoms with Gasteiger partial charge >= 0.3 is 0 Å². The minimum absolute atomic E-state index is 0.115. The van der Waals surface area contributed by atoms with Crippen molar-refractivity contribution in [2.24, 2.45) is 10.8 Å². The van der Waals surface area contributed by atoms with Crippen molar-refractivity contribution in [3.63, 3.8) is 0 Å². The fourth-order valence-electron chi connectivity index (χ4n) is 0.684. The quantitative estimate of drug-likeness (QED) is 0.393. The minimum Gasteiger partial charge on any atom is -0.375 e. The van der Waals surface area contributed by atoms with E-state index >= 15 is 0 Å². The van der Waals surface area contributed by atoms with E-state index in [0.717, 1.165) is 5.69 Å². The van der Waals surface area contributed by atoms with E-state index in [0.29, 0.717) is 5.82 Å². The van der Waals surface area contributed by atoms with E-state index in [1.54, 1.807) is 12.3 Å². The molecule has 0 aliphatic rings. The predicted molar refractivity (Wildman–Crippen MR) is 54.3 cm³/mol. The maximum Gasteiger partial charge on any atom is 0.184 e. The molecule has 13 heavy (non-hydrogen) atoms. The highest BCUT2D eigenvalue weighted by atomic mass is 32.1. The summed E-state index contributed by atoms with van der Waals surface area (Å²) in [5, 5.41) is 3.83. The first-order valence-electron chi connectivity index (χ1n) is 3.56. The second-order valence-corrected chi connectivity index (χ2v) is 2.73. The second-order valence-electron chi connectivity index (χ2n) is 2.29. The van der Waals surface area contributed by atoms with E-state index in [9.17, 15) is 0 Å². The Morgan fingerprint density at radius 1 is 1.77 bits per heavy atom. The standard InChI is InChI=1S/C7H9N5S/c1-5-2-3-9-6(11-5)4-10-12-7(8)13/h2-4H,1H3,(H3,8,12,13). The van der Waals surface area contributed by atoms with Crippen molar-refractivity contribution in [3.8, 4) is 0 Å². The van der Waals surface area contributed by atoms with Gasteiger partial charge in [0.1, 0.15) is 0 Å². The van der Waals surface area contributed by atoms with Crippen LogP contribution in [0, 0.1) is 6.92 Å². The fourth-order valence-corrected chi connectivity index (χ4v) is 0.737. The molecule has 0 saturated carbocycles. The van der Waals surface area contributed by atoms with Gasteiger partial charge in [0.25, 0.3) is 0 Å². The number of nitrogens with one attached hydrogen (secondary N) is 1. The maximum atomic E-state index is 5.15. The van der Waals surface area contributed by atoms with Crippen molar-refractivity contribution >= 4 is 23.5 Å². The van der Waals surface area contributed by atoms with Crippen molar-refractivity contribution in [2.45, 2.75) is 6.92 Å². The Bertz CT molecular complexity index is 335. The van der Waals surface area contributed by atoms with Gasteiger partial charge in [0, 0.05) is 11.9 Å². The van der Waals surface area contributed by atoms with Crippen LogP contribution >= 0.6 is 12.2 Å². The Morgan fingerprint density at radius 3 is 3.15 bits per heavy atom. The van der Waals surface area contributed by atoms with Crippen molar-refractivity contribution in [1.82, 2.24) is 15.4 Å². The van der Waals surface area contributed by atoms with Crippen LogP contribution in [0.2, 0.25) is 0 Å². The van der Waals surface area contributed by atoms with Gasteiger partial charge in [-0.25, -0.2) is 9.97 Å². The maximum absolute atomic E-state index is 5.15. The minimum atomic E-state index is 0.115. The number of nitrogens with two attached hydrogens (primary N) is 1. The average molecular weight is 195 g/mol. The summed E-state index contributed by atoms with van der Waals surface area (Å²) in [5.74, 6) is 0.517. The molecule has 1 rings (SSSR count). The molecule has 1 aromatic heterocycles. The summed E-state index contributed by atoms with van der Waals surface area (Å²) in [6.45, 7) is 1.88. The van der Waals surface area contributed by atoms with Crippen LogP contribution in [0.25, 0.3) is 0 Å². The van der Waals surface area contributed by atoms with Gasteiger partial charge in [0.2, 0.25) is 0 Å². The highest BCUT2D eigenvalue weighted by Crippen LogP contribution is 1.89. The van der Waals surface area contributed by atoms with Crippen LogP contribution in [0.15, 0.2) is 17.4 Å². The van der Waals surface area contributed by atoms with Gasteiger partial charge in [-0.15, -0.1) is 0 Å². The van der Waals surface area contributed by atoms with Crippen molar-refractivity contribution < 1.29 is 0 Å². The average Bonchev–Trinajstić information content (AvgIpc) is 2.03. The third kappa shape index (κ3) is 3.57. The molecule has 0 bridgehead atoms. The Kier molecular flexibility index (Phi) is 3.27. The van der Waals surface area contributed by atoms with Crippen molar-refractivity contribution in [1.29, 1.82) is 0 Å². The summed E-state index contributed by atoms with van der Waals surface area (Å²) < 4.78 is 0. The molecule has 1 heterocycles. The molecule has 0 unspecified atom stereocenters. The third-order valence-corrected chi connectivity index (χ3v) is 1.26. The van der Waals surface area contributed by atoms with Gasteiger partial charge in [0.05, 0.1) is 6.21 Å². The third-order valence-electron chi connectivity index (χ3n) is 1.17. The first-order valence-corrected chi connectivity index (χ1v) is 3.97. The Balaban J connectivity index is 2.63. The number of thiocarbonyl (C=S) groups is 1. The van der Waals surface area contributed by atoms with E-state index in [4.69, 9.17) is 5.73 Å². The van der Waals surface area contributed by atoms with E-state index < -0.39 is 0 Å². The monoisotopic (exact) mass is 195 g/mol. The van der Waals surface area contributed by atoms with Crippen LogP contribution in [0.3, 0.4) is 0 Å². The summed E-state index contributed by atoms with van der Waals surface area (Å²) in [5.41, 5.74) is 8.45. The van der Waals surface area contributed by atoms with Crippen LogP contribution in [0.4, 0.5) is 0 Å². The van der Waals surface area contributed by atoms with Gasteiger partial charge < -0.3 is 5.73 Å². The van der Waals surface area contributed by atoms with E-state index in [1.807, 2.05) is 6.92 Å². The Morgan fingerprint density at radius 2 is 2.54 bits per heavy atom. The van der Waals surface area contributed by atoms with Gasteiger partial charge in [0.15, 0.2) is 10.9 Å². The smallest absolute Gasteiger partial charge is 0.184 e. The lowest BCUT2D eigenvalue weighted by Gasteiger charge is -1.94. The lowest BCUT2D eigenvalue weighted by atomic mass is 10.4. The van der Waals surface area contributed by atoms with Crippen LogP contribution in [0.1, 0.15) is 11.5 Å². The number of aryl methyl sites for hydroxylation is 1. The highest BCUT2D eigenvalue weighted by Gasteiger charge is 1.90. The number of hydrogen-bond acceptors (Lipinski definition) is 4. The lowest BCUT2D eigenvalue weighted by Crippen LogP contribution is -2.24. The van der Waals surface area contributed by atoms with Crippen LogP contribution in [-0.4, -0.2) is 21.3 Å². The first kappa shape index (κ1) is 9.53. The summed E-state index contributed by atoms with van der Waals surface area (Å²) in [4.78, 5) is 8.04. The molecule has 0 amide bonds. The number of hydrogen-bond donors (Lipinski definition) is 2. The molecule has 0 fully saturated rings. The summed E-state index contributed by atoms with van der Waals surface area (Å²) in [6.07, 6.45) is 3.11. The zero-order valence-corrected chi connectivity index (χ0v) is 7.88. The molecule has 3 N–H and O–H groups in total. The second kappa shape index (κ2) is 4.46. The topological polar surface area (TPSA) is 76.2 Å². The molecule has 68 valence electrons. The zero-order valence-electron chi connectivity index (χ0n) is 7.06. The Hall–Kier alpha value is -1.56. The SMILES string of the molecule is Cc1ccnc(C=NNC(N)=S)n1. The van der Waals surface area contributed by atoms with Gasteiger partial charge in [-0.3, -0.25) is 5.43 Å². The predicted octanol–water partition coefficient (Wildman–Crippen LogP) is -0.0479. The molecule has 0 aliphatic heterocycles. The molecular formula is C7H9N5S. The largest absolute Gasteiger partial charge is 0.375 e. The summed E-state index contributed by atoms with van der Waals surface area (Å²) in [6, 6.07) is 1.80. The summed E-state index contributed by atoms with van der Waals surface area (Å²) >= 11 is 4.55. The number of nitrogens with zero attached hydrogens (tertiary/aromatic N) is 3. The van der Waals surface area contributed by atoms with E-state index in [1.165, 1.54) is 6.21 Å². The molecule has 0 aliphatic carbocycles. The molecule has 0 atom stereocenters. The van der Waals surface area contributed by atoms with Gasteiger partial charge in [-0.1, -0.05) is 0 Å².